The molecule has 1 aromatic carbocycles. The number of carbonyl (C=O) groups is 1. The molecule has 6 heteroatoms. The highest BCUT2D eigenvalue weighted by atomic mass is 35.5. The lowest BCUT2D eigenvalue weighted by atomic mass is 9.97. The van der Waals surface area contributed by atoms with Crippen LogP contribution in [0.1, 0.15) is 17.2 Å². The number of benzene rings is 1. The molecule has 98 valence electrons. The van der Waals surface area contributed by atoms with E-state index in [1.807, 2.05) is 24.3 Å². The molecule has 0 radical (unpaired) electrons. The van der Waals surface area contributed by atoms with Gasteiger partial charge < -0.3 is 9.84 Å². The third-order valence-corrected chi connectivity index (χ3v) is 3.46. The van der Waals surface area contributed by atoms with E-state index in [4.69, 9.17) is 27.9 Å². The molecule has 1 fully saturated rings. The predicted octanol–water partition coefficient (Wildman–Crippen LogP) is 2.10. The Morgan fingerprint density at radius 2 is 2.11 bits per heavy atom. The summed E-state index contributed by atoms with van der Waals surface area (Å²) in [6.07, 6.45) is -1.40. The summed E-state index contributed by atoms with van der Waals surface area (Å²) in [5.74, 6) is -0.486. The summed E-state index contributed by atoms with van der Waals surface area (Å²) in [5.41, 5.74) is 1.73. The minimum absolute atomic E-state index is 0.198. The molecule has 1 aliphatic heterocycles. The Labute approximate surface area is 115 Å². The fraction of sp³-hybridized carbons (Fsp3) is 0.417. The van der Waals surface area contributed by atoms with Gasteiger partial charge in [0.2, 0.25) is 0 Å². The lowest BCUT2D eigenvalue weighted by Crippen LogP contribution is -2.30. The van der Waals surface area contributed by atoms with E-state index in [0.29, 0.717) is 5.88 Å². The van der Waals surface area contributed by atoms with Crippen molar-refractivity contribution >= 4 is 29.2 Å². The topological polar surface area (TPSA) is 58.6 Å². The molecule has 18 heavy (non-hydrogen) atoms. The zero-order valence-corrected chi connectivity index (χ0v) is 11.0. The first kappa shape index (κ1) is 13.6. The summed E-state index contributed by atoms with van der Waals surface area (Å²) < 4.78 is 5.35. The molecule has 1 aromatic rings. The molecular formula is C12H13Cl2NO3. The molecule has 4 nitrogen and oxygen atoms in total. The van der Waals surface area contributed by atoms with Gasteiger partial charge in [-0.3, -0.25) is 5.32 Å². The molecule has 0 saturated carbocycles. The predicted molar refractivity (Wildman–Crippen MR) is 68.9 cm³/mol. The number of ether oxygens (including phenoxy) is 1. The Balaban J connectivity index is 2.32. The molecule has 2 N–H and O–H groups in total. The Hall–Kier alpha value is -0.810. The number of carboxylic acids is 1. The van der Waals surface area contributed by atoms with E-state index in [1.54, 1.807) is 0 Å². The minimum atomic E-state index is -1.01. The van der Waals surface area contributed by atoms with Gasteiger partial charge in [0.15, 0.2) is 6.10 Å². The average molecular weight is 290 g/mol. The fourth-order valence-corrected chi connectivity index (χ4v) is 2.48. The third-order valence-electron chi connectivity index (χ3n) is 2.90. The van der Waals surface area contributed by atoms with Crippen molar-refractivity contribution in [3.8, 4) is 0 Å². The van der Waals surface area contributed by atoms with Crippen molar-refractivity contribution in [3.63, 3.8) is 0 Å². The molecule has 1 saturated heterocycles. The monoisotopic (exact) mass is 289 g/mol. The molecule has 0 aromatic heterocycles. The molecule has 0 amide bonds. The molecular weight excluding hydrogens is 277 g/mol. The Bertz CT molecular complexity index is 441. The Kier molecular flexibility index (Phi) is 4.45. The first-order valence-corrected chi connectivity index (χ1v) is 6.58. The minimum Gasteiger partial charge on any atom is -0.479 e. The number of hydrogen-bond donors (Lipinski definition) is 2. The van der Waals surface area contributed by atoms with Crippen LogP contribution in [-0.4, -0.2) is 29.3 Å². The van der Waals surface area contributed by atoms with Crippen molar-refractivity contribution in [2.45, 2.75) is 24.3 Å². The van der Waals surface area contributed by atoms with Crippen LogP contribution >= 0.6 is 23.2 Å². The zero-order valence-electron chi connectivity index (χ0n) is 9.48. The number of nitrogens with one attached hydrogen (secondary N) is 1. The van der Waals surface area contributed by atoms with Gasteiger partial charge in [0.25, 0.3) is 0 Å². The fourth-order valence-electron chi connectivity index (χ4n) is 2.08. The summed E-state index contributed by atoms with van der Waals surface area (Å²) in [5, 5.41) is 12.3. The smallest absolute Gasteiger partial charge is 0.334 e. The summed E-state index contributed by atoms with van der Waals surface area (Å²) in [6, 6.07) is 7.01. The van der Waals surface area contributed by atoms with Crippen LogP contribution in [0, 0.1) is 0 Å². The number of rotatable bonds is 4. The van der Waals surface area contributed by atoms with E-state index in [0.717, 1.165) is 11.1 Å². The standard InChI is InChI=1S/C12H13Cl2NO3/c13-5-7-3-1-2-4-8(7)10-11(12(16)17)18-9(6-14)15-10/h1-4,9-11,15H,5-6H2,(H,16,17)/t9?,10-,11+/m0/s1. The van der Waals surface area contributed by atoms with Crippen LogP contribution in [0.3, 0.4) is 0 Å². The summed E-state index contributed by atoms with van der Waals surface area (Å²) in [7, 11) is 0. The van der Waals surface area contributed by atoms with Crippen molar-refractivity contribution in [1.82, 2.24) is 5.32 Å². The zero-order chi connectivity index (χ0) is 13.1. The lowest BCUT2D eigenvalue weighted by molar-refractivity contribution is -0.149. The Morgan fingerprint density at radius 3 is 2.72 bits per heavy atom. The molecule has 0 spiro atoms. The van der Waals surface area contributed by atoms with Gasteiger partial charge in [-0.25, -0.2) is 4.79 Å². The highest BCUT2D eigenvalue weighted by Crippen LogP contribution is 2.30. The van der Waals surface area contributed by atoms with Gasteiger partial charge in [-0.1, -0.05) is 24.3 Å². The molecule has 1 unspecified atom stereocenters. The summed E-state index contributed by atoms with van der Waals surface area (Å²) in [4.78, 5) is 11.2. The summed E-state index contributed by atoms with van der Waals surface area (Å²) >= 11 is 11.6. The van der Waals surface area contributed by atoms with Crippen LogP contribution in [-0.2, 0) is 15.4 Å². The summed E-state index contributed by atoms with van der Waals surface area (Å²) in [6.45, 7) is 0. The first-order chi connectivity index (χ1) is 8.67. The molecule has 1 heterocycles. The molecule has 0 bridgehead atoms. The van der Waals surface area contributed by atoms with Gasteiger partial charge in [0, 0.05) is 5.88 Å². The van der Waals surface area contributed by atoms with E-state index in [2.05, 4.69) is 5.32 Å². The SMILES string of the molecule is O=C(O)[C@@H]1OC(CCl)N[C@H]1c1ccccc1CCl. The van der Waals surface area contributed by atoms with Gasteiger partial charge in [-0.15, -0.1) is 23.2 Å². The quantitative estimate of drug-likeness (QED) is 0.834. The van der Waals surface area contributed by atoms with Crippen molar-refractivity contribution in [2.75, 3.05) is 5.88 Å². The second-order valence-corrected chi connectivity index (χ2v) is 4.59. The van der Waals surface area contributed by atoms with Crippen molar-refractivity contribution in [3.05, 3.63) is 35.4 Å². The second-order valence-electron chi connectivity index (χ2n) is 4.01. The second kappa shape index (κ2) is 5.89. The molecule has 2 rings (SSSR count). The van der Waals surface area contributed by atoms with E-state index < -0.39 is 24.3 Å². The van der Waals surface area contributed by atoms with Crippen LogP contribution in [0.4, 0.5) is 0 Å². The average Bonchev–Trinajstić information content (AvgIpc) is 2.83. The van der Waals surface area contributed by atoms with Crippen LogP contribution < -0.4 is 5.32 Å². The van der Waals surface area contributed by atoms with Gasteiger partial charge in [-0.2, -0.15) is 0 Å². The maximum Gasteiger partial charge on any atom is 0.334 e. The number of carboxylic acid groups (broad SMARTS) is 1. The molecule has 1 aliphatic rings. The van der Waals surface area contributed by atoms with E-state index in [-0.39, 0.29) is 5.88 Å². The number of alkyl halides is 2. The normalized spacial score (nSPS) is 27.3. The van der Waals surface area contributed by atoms with E-state index >= 15 is 0 Å². The highest BCUT2D eigenvalue weighted by Gasteiger charge is 2.40. The van der Waals surface area contributed by atoms with Gasteiger partial charge in [0.1, 0.15) is 6.23 Å². The number of halogens is 2. The third kappa shape index (κ3) is 2.62. The first-order valence-electron chi connectivity index (χ1n) is 5.51. The van der Waals surface area contributed by atoms with Crippen LogP contribution in [0.5, 0.6) is 0 Å². The van der Waals surface area contributed by atoms with Gasteiger partial charge in [0.05, 0.1) is 11.9 Å². The number of aliphatic carboxylic acids is 1. The molecule has 3 atom stereocenters. The van der Waals surface area contributed by atoms with Gasteiger partial charge in [-0.05, 0) is 11.1 Å². The largest absolute Gasteiger partial charge is 0.479 e. The Morgan fingerprint density at radius 1 is 1.39 bits per heavy atom. The van der Waals surface area contributed by atoms with Crippen LogP contribution in [0.15, 0.2) is 24.3 Å². The van der Waals surface area contributed by atoms with Crippen molar-refractivity contribution in [2.24, 2.45) is 0 Å². The van der Waals surface area contributed by atoms with Gasteiger partial charge >= 0.3 is 5.97 Å². The maximum atomic E-state index is 11.2. The lowest BCUT2D eigenvalue weighted by Gasteiger charge is -2.17. The van der Waals surface area contributed by atoms with Crippen molar-refractivity contribution < 1.29 is 14.6 Å². The number of hydrogen-bond acceptors (Lipinski definition) is 3. The highest BCUT2D eigenvalue weighted by molar-refractivity contribution is 6.18. The van der Waals surface area contributed by atoms with Crippen LogP contribution in [0.25, 0.3) is 0 Å². The van der Waals surface area contributed by atoms with E-state index in [1.165, 1.54) is 0 Å². The van der Waals surface area contributed by atoms with E-state index in [9.17, 15) is 9.90 Å². The van der Waals surface area contributed by atoms with Crippen molar-refractivity contribution in [1.29, 1.82) is 0 Å². The van der Waals surface area contributed by atoms with Crippen LogP contribution in [0.2, 0.25) is 0 Å². The maximum absolute atomic E-state index is 11.2. The molecule has 0 aliphatic carbocycles.